The van der Waals surface area contributed by atoms with Crippen LogP contribution in [0.25, 0.3) is 16.9 Å². The summed E-state index contributed by atoms with van der Waals surface area (Å²) in [7, 11) is 0. The Kier molecular flexibility index (Phi) is 6.84. The first-order valence-corrected chi connectivity index (χ1v) is 14.6. The molecule has 0 radical (unpaired) electrons. The number of aromatic nitrogens is 3. The molecule has 3 aromatic rings. The topological polar surface area (TPSA) is 86.1 Å². The molecule has 3 aliphatic carbocycles. The predicted octanol–water partition coefficient (Wildman–Crippen LogP) is 5.89. The van der Waals surface area contributed by atoms with Gasteiger partial charge in [-0.2, -0.15) is 0 Å². The monoisotopic (exact) mass is 576 g/mol. The predicted molar refractivity (Wildman–Crippen MR) is 149 cm³/mol. The van der Waals surface area contributed by atoms with Crippen molar-refractivity contribution in [1.29, 1.82) is 0 Å². The van der Waals surface area contributed by atoms with Crippen molar-refractivity contribution >= 4 is 38.8 Å². The van der Waals surface area contributed by atoms with Crippen molar-refractivity contribution in [1.82, 2.24) is 19.9 Å². The van der Waals surface area contributed by atoms with Crippen LogP contribution >= 0.6 is 15.9 Å². The van der Waals surface area contributed by atoms with E-state index >= 15 is 0 Å². The molecule has 8 heteroatoms. The molecular weight excluding hydrogens is 544 g/mol. The van der Waals surface area contributed by atoms with E-state index in [1.54, 1.807) is 0 Å². The molecule has 6 rings (SSSR count). The molecule has 0 bridgehead atoms. The third-order valence-corrected chi connectivity index (χ3v) is 9.23. The summed E-state index contributed by atoms with van der Waals surface area (Å²) in [6.45, 7) is 2.13. The number of benzene rings is 1. The third-order valence-electron chi connectivity index (χ3n) is 8.48. The third kappa shape index (κ3) is 4.27. The maximum absolute atomic E-state index is 13.0. The van der Waals surface area contributed by atoms with Crippen LogP contribution in [0.2, 0.25) is 0 Å². The van der Waals surface area contributed by atoms with Gasteiger partial charge in [0.1, 0.15) is 17.4 Å². The zero-order valence-corrected chi connectivity index (χ0v) is 23.3. The summed E-state index contributed by atoms with van der Waals surface area (Å²) >= 11 is 3.49. The van der Waals surface area contributed by atoms with Gasteiger partial charge >= 0.3 is 5.97 Å². The Morgan fingerprint density at radius 2 is 1.92 bits per heavy atom. The maximum atomic E-state index is 13.0. The second-order valence-electron chi connectivity index (χ2n) is 10.8. The lowest BCUT2D eigenvalue weighted by molar-refractivity contribution is -0.146. The highest BCUT2D eigenvalue weighted by Gasteiger charge is 2.53. The molecule has 2 fully saturated rings. The molecule has 2 saturated carbocycles. The van der Waals surface area contributed by atoms with Crippen LogP contribution in [0.3, 0.4) is 0 Å². The van der Waals surface area contributed by atoms with E-state index in [-0.39, 0.29) is 11.8 Å². The van der Waals surface area contributed by atoms with Crippen LogP contribution in [0.15, 0.2) is 52.8 Å². The molecular formula is C30H33BrN4O3. The molecule has 2 aromatic heterocycles. The van der Waals surface area contributed by atoms with Gasteiger partial charge in [0.2, 0.25) is 0 Å². The smallest absolute Gasteiger partial charge is 0.328 e. The Labute approximate surface area is 231 Å². The molecule has 0 amide bonds. The number of carbonyl (C=O) groups excluding carboxylic acids is 2. The van der Waals surface area contributed by atoms with E-state index < -0.39 is 11.5 Å². The molecule has 1 spiro atoms. The van der Waals surface area contributed by atoms with Crippen LogP contribution in [-0.4, -0.2) is 38.9 Å². The summed E-state index contributed by atoms with van der Waals surface area (Å²) in [4.78, 5) is 35.4. The number of imidazole rings is 1. The van der Waals surface area contributed by atoms with E-state index in [1.807, 2.05) is 25.3 Å². The minimum Gasteiger partial charge on any atom is -0.464 e. The lowest BCUT2D eigenvalue weighted by Gasteiger charge is -2.46. The molecule has 198 valence electrons. The summed E-state index contributed by atoms with van der Waals surface area (Å²) in [6, 6.07) is 11.7. The second-order valence-corrected chi connectivity index (χ2v) is 11.6. The number of hydrogen-bond acceptors (Lipinski definition) is 6. The van der Waals surface area contributed by atoms with E-state index in [1.165, 1.54) is 6.42 Å². The first-order valence-electron chi connectivity index (χ1n) is 13.8. The van der Waals surface area contributed by atoms with Gasteiger partial charge < -0.3 is 10.1 Å². The van der Waals surface area contributed by atoms with E-state index in [4.69, 9.17) is 9.72 Å². The lowest BCUT2D eigenvalue weighted by atomic mass is 9.62. The molecule has 0 saturated heterocycles. The Balaban J connectivity index is 1.27. The fourth-order valence-electron chi connectivity index (χ4n) is 6.17. The van der Waals surface area contributed by atoms with Gasteiger partial charge in [-0.3, -0.25) is 9.36 Å². The van der Waals surface area contributed by atoms with Gasteiger partial charge in [0, 0.05) is 29.9 Å². The number of Topliss-reactive ketones (excluding diaryl/α,β-unsaturated/α-hetero) is 1. The highest BCUT2D eigenvalue weighted by molar-refractivity contribution is 9.12. The number of nitrogens with zero attached hydrogens (tertiary/aromatic N) is 3. The first kappa shape index (κ1) is 25.3. The van der Waals surface area contributed by atoms with Crippen LogP contribution in [0.4, 0.5) is 0 Å². The van der Waals surface area contributed by atoms with Crippen molar-refractivity contribution in [2.45, 2.75) is 76.7 Å². The zero-order valence-electron chi connectivity index (χ0n) is 21.7. The Morgan fingerprint density at radius 1 is 1.16 bits per heavy atom. The molecule has 1 aromatic carbocycles. The number of halogens is 1. The maximum Gasteiger partial charge on any atom is 0.328 e. The summed E-state index contributed by atoms with van der Waals surface area (Å²) in [5, 5.41) is 3.45. The normalized spacial score (nSPS) is 19.8. The van der Waals surface area contributed by atoms with Crippen LogP contribution in [0.5, 0.6) is 0 Å². The molecule has 1 atom stereocenters. The summed E-state index contributed by atoms with van der Waals surface area (Å²) in [6.07, 6.45) is 10.7. The van der Waals surface area contributed by atoms with Crippen LogP contribution in [0, 0.1) is 5.41 Å². The Bertz CT molecular complexity index is 1400. The van der Waals surface area contributed by atoms with Gasteiger partial charge in [-0.1, -0.05) is 37.8 Å². The van der Waals surface area contributed by atoms with Crippen LogP contribution in [-0.2, 0) is 20.7 Å². The number of carbonyl (C=O) groups is 2. The summed E-state index contributed by atoms with van der Waals surface area (Å²) in [5.74, 6) is 1.40. The second kappa shape index (κ2) is 10.3. The van der Waals surface area contributed by atoms with Gasteiger partial charge in [-0.15, -0.1) is 0 Å². The van der Waals surface area contributed by atoms with Crippen molar-refractivity contribution in [3.8, 4) is 5.69 Å². The number of hydrogen-bond donors (Lipinski definition) is 1. The minimum atomic E-state index is -0.573. The van der Waals surface area contributed by atoms with Gasteiger partial charge in [0.05, 0.1) is 16.5 Å². The fourth-order valence-corrected chi connectivity index (χ4v) is 7.04. The molecule has 0 aliphatic heterocycles. The number of ether oxygens (including phenoxy) is 1. The zero-order chi connectivity index (χ0) is 26.3. The molecule has 1 N–H and O–H groups in total. The molecule has 7 nitrogen and oxygen atoms in total. The number of esters is 1. The minimum absolute atomic E-state index is 0.162. The van der Waals surface area contributed by atoms with E-state index in [9.17, 15) is 9.59 Å². The van der Waals surface area contributed by atoms with Crippen molar-refractivity contribution in [3.63, 3.8) is 0 Å². The number of fused-ring (bicyclic) bond motifs is 1. The summed E-state index contributed by atoms with van der Waals surface area (Å²) < 4.78 is 8.19. The standard InChI is InChI=1S/C30H33BrN4O3/c1-2-38-29(37)23(33-25-24(31)26(36)30(25)15-4-3-5-16-30)18-19-11-13-21(14-12-19)35-27(20-8-6-9-20)34-22-10-7-17-32-28(22)35/h7,10-14,17,20,23,33H,2-6,8-9,15-16,18H2,1H3/t23-/m0/s1. The quantitative estimate of drug-likeness (QED) is 0.336. The average Bonchev–Trinajstić information content (AvgIpc) is 3.29. The van der Waals surface area contributed by atoms with Crippen molar-refractivity contribution in [3.05, 3.63) is 64.2 Å². The Hall–Kier alpha value is -3.00. The number of allylic oxidation sites excluding steroid dienone is 2. The van der Waals surface area contributed by atoms with Gasteiger partial charge in [-0.25, -0.2) is 14.8 Å². The number of nitrogens with one attached hydrogen (secondary N) is 1. The van der Waals surface area contributed by atoms with Crippen LogP contribution < -0.4 is 5.32 Å². The van der Waals surface area contributed by atoms with E-state index in [0.717, 1.165) is 78.9 Å². The van der Waals surface area contributed by atoms with Gasteiger partial charge in [0.15, 0.2) is 11.4 Å². The highest BCUT2D eigenvalue weighted by Crippen LogP contribution is 2.53. The van der Waals surface area contributed by atoms with Crippen molar-refractivity contribution in [2.24, 2.45) is 5.41 Å². The van der Waals surface area contributed by atoms with E-state index in [2.05, 4.69) is 55.1 Å². The fraction of sp³-hybridized carbons (Fsp3) is 0.467. The molecule has 38 heavy (non-hydrogen) atoms. The van der Waals surface area contributed by atoms with Crippen LogP contribution in [0.1, 0.15) is 75.6 Å². The molecule has 0 unspecified atom stereocenters. The lowest BCUT2D eigenvalue weighted by Crippen LogP contribution is -2.53. The SMILES string of the molecule is CCOC(=O)[C@H](Cc1ccc(-n2c(C3CCC3)nc3cccnc32)cc1)NC1=C(Br)C(=O)C12CCCCC2. The van der Waals surface area contributed by atoms with Gasteiger partial charge in [0.25, 0.3) is 0 Å². The number of rotatable bonds is 8. The average molecular weight is 578 g/mol. The number of ketones is 1. The Morgan fingerprint density at radius 3 is 2.61 bits per heavy atom. The number of pyridine rings is 1. The summed E-state index contributed by atoms with van der Waals surface area (Å²) in [5.41, 5.74) is 4.22. The highest BCUT2D eigenvalue weighted by atomic mass is 79.9. The first-order chi connectivity index (χ1) is 18.5. The molecule has 3 aliphatic rings. The van der Waals surface area contributed by atoms with Crippen molar-refractivity contribution < 1.29 is 14.3 Å². The largest absolute Gasteiger partial charge is 0.464 e. The van der Waals surface area contributed by atoms with Crippen molar-refractivity contribution in [2.75, 3.05) is 6.61 Å². The van der Waals surface area contributed by atoms with Gasteiger partial charge in [-0.05, 0) is 78.4 Å². The molecule has 2 heterocycles. The van der Waals surface area contributed by atoms with E-state index in [0.29, 0.717) is 23.4 Å².